The topological polar surface area (TPSA) is 50.8 Å². The van der Waals surface area contributed by atoms with Gasteiger partial charge < -0.3 is 4.74 Å². The van der Waals surface area contributed by atoms with Gasteiger partial charge in [0.15, 0.2) is 0 Å². The van der Waals surface area contributed by atoms with Crippen molar-refractivity contribution in [2.75, 3.05) is 0 Å². The summed E-state index contributed by atoms with van der Waals surface area (Å²) in [5.74, 6) is 1.21. The second-order valence-corrected chi connectivity index (χ2v) is 4.43. The predicted octanol–water partition coefficient (Wildman–Crippen LogP) is 3.01. The summed E-state index contributed by atoms with van der Waals surface area (Å²) in [5.41, 5.74) is 3.42. The van der Waals surface area contributed by atoms with Crippen LogP contribution in [-0.2, 0) is 7.05 Å². The highest BCUT2D eigenvalue weighted by Crippen LogP contribution is 2.27. The van der Waals surface area contributed by atoms with Gasteiger partial charge in [0.05, 0.1) is 5.69 Å². The maximum Gasteiger partial charge on any atom is 0.235 e. The van der Waals surface area contributed by atoms with Crippen molar-refractivity contribution in [2.24, 2.45) is 7.05 Å². The van der Waals surface area contributed by atoms with Crippen molar-refractivity contribution in [2.45, 2.75) is 20.8 Å². The van der Waals surface area contributed by atoms with Crippen LogP contribution in [0.2, 0.25) is 0 Å². The number of ether oxygens (including phenoxy) is 1. The van der Waals surface area contributed by atoms with E-state index in [4.69, 9.17) is 10.00 Å². The summed E-state index contributed by atoms with van der Waals surface area (Å²) in [6.07, 6.45) is 0. The molecule has 0 saturated carbocycles. The first kappa shape index (κ1) is 12.2. The molecule has 0 radical (unpaired) electrons. The van der Waals surface area contributed by atoms with Crippen molar-refractivity contribution < 1.29 is 4.74 Å². The van der Waals surface area contributed by atoms with E-state index in [0.717, 1.165) is 16.9 Å². The summed E-state index contributed by atoms with van der Waals surface area (Å²) in [7, 11) is 1.77. The van der Waals surface area contributed by atoms with Gasteiger partial charge in [-0.3, -0.25) is 0 Å². The van der Waals surface area contributed by atoms with E-state index in [1.807, 2.05) is 26.0 Å². The van der Waals surface area contributed by atoms with Crippen LogP contribution in [0.15, 0.2) is 18.2 Å². The van der Waals surface area contributed by atoms with Gasteiger partial charge in [-0.05, 0) is 44.0 Å². The van der Waals surface area contributed by atoms with Crippen molar-refractivity contribution in [3.8, 4) is 17.7 Å². The zero-order valence-electron chi connectivity index (χ0n) is 11.0. The first-order chi connectivity index (χ1) is 8.51. The van der Waals surface area contributed by atoms with Crippen LogP contribution >= 0.6 is 0 Å². The summed E-state index contributed by atoms with van der Waals surface area (Å²) in [4.78, 5) is 0. The van der Waals surface area contributed by atoms with E-state index in [-0.39, 0.29) is 0 Å². The van der Waals surface area contributed by atoms with E-state index >= 15 is 0 Å². The molecule has 4 heteroatoms. The lowest BCUT2D eigenvalue weighted by Gasteiger charge is -2.08. The lowest BCUT2D eigenvalue weighted by atomic mass is 10.1. The molecule has 18 heavy (non-hydrogen) atoms. The van der Waals surface area contributed by atoms with Crippen LogP contribution in [0.4, 0.5) is 0 Å². The molecule has 0 aliphatic carbocycles. The number of hydrogen-bond acceptors (Lipinski definition) is 3. The third-order valence-electron chi connectivity index (χ3n) is 2.69. The Balaban J connectivity index is 2.43. The molecule has 4 nitrogen and oxygen atoms in total. The molecule has 0 N–H and O–H groups in total. The van der Waals surface area contributed by atoms with Gasteiger partial charge in [-0.2, -0.15) is 10.4 Å². The number of aryl methyl sites for hydroxylation is 4. The fourth-order valence-electron chi connectivity index (χ4n) is 1.99. The molecule has 0 unspecified atom stereocenters. The second-order valence-electron chi connectivity index (χ2n) is 4.43. The molecule has 0 spiro atoms. The lowest BCUT2D eigenvalue weighted by molar-refractivity contribution is 0.429. The zero-order valence-corrected chi connectivity index (χ0v) is 11.0. The molecule has 1 aromatic heterocycles. The number of nitriles is 1. The van der Waals surface area contributed by atoms with Crippen molar-refractivity contribution in [1.82, 2.24) is 9.78 Å². The minimum atomic E-state index is 0.483. The minimum absolute atomic E-state index is 0.483. The van der Waals surface area contributed by atoms with Crippen LogP contribution in [0, 0.1) is 32.1 Å². The van der Waals surface area contributed by atoms with Crippen molar-refractivity contribution >= 4 is 0 Å². The number of hydrogen-bond donors (Lipinski definition) is 0. The van der Waals surface area contributed by atoms with Crippen LogP contribution in [0.1, 0.15) is 22.4 Å². The Morgan fingerprint density at radius 3 is 2.33 bits per heavy atom. The molecular formula is C14H15N3O. The van der Waals surface area contributed by atoms with Crippen LogP contribution < -0.4 is 4.74 Å². The highest BCUT2D eigenvalue weighted by Gasteiger charge is 2.15. The van der Waals surface area contributed by atoms with Gasteiger partial charge in [0, 0.05) is 7.05 Å². The van der Waals surface area contributed by atoms with Gasteiger partial charge in [0.2, 0.25) is 5.88 Å². The summed E-state index contributed by atoms with van der Waals surface area (Å²) in [6.45, 7) is 5.83. The molecule has 2 rings (SSSR count). The third-order valence-corrected chi connectivity index (χ3v) is 2.69. The van der Waals surface area contributed by atoms with Gasteiger partial charge >= 0.3 is 0 Å². The average molecular weight is 241 g/mol. The molecule has 1 aromatic carbocycles. The number of benzene rings is 1. The largest absolute Gasteiger partial charge is 0.438 e. The number of nitrogens with zero attached hydrogens (tertiary/aromatic N) is 3. The van der Waals surface area contributed by atoms with Gasteiger partial charge in [-0.1, -0.05) is 6.07 Å². The van der Waals surface area contributed by atoms with Crippen LogP contribution in [0.5, 0.6) is 11.6 Å². The van der Waals surface area contributed by atoms with E-state index in [2.05, 4.69) is 17.2 Å². The summed E-state index contributed by atoms with van der Waals surface area (Å²) in [5, 5.41) is 13.3. The molecule has 0 atom stereocenters. The second kappa shape index (κ2) is 4.53. The summed E-state index contributed by atoms with van der Waals surface area (Å²) < 4.78 is 7.38. The van der Waals surface area contributed by atoms with Crippen molar-refractivity contribution in [3.63, 3.8) is 0 Å². The maximum atomic E-state index is 9.12. The summed E-state index contributed by atoms with van der Waals surface area (Å²) >= 11 is 0. The van der Waals surface area contributed by atoms with Gasteiger partial charge in [0.25, 0.3) is 0 Å². The van der Waals surface area contributed by atoms with Gasteiger partial charge in [0.1, 0.15) is 17.4 Å². The molecule has 0 saturated heterocycles. The molecule has 0 amide bonds. The highest BCUT2D eigenvalue weighted by atomic mass is 16.5. The van der Waals surface area contributed by atoms with Crippen molar-refractivity contribution in [3.05, 3.63) is 40.6 Å². The van der Waals surface area contributed by atoms with Crippen molar-refractivity contribution in [1.29, 1.82) is 5.26 Å². The van der Waals surface area contributed by atoms with E-state index in [1.54, 1.807) is 18.7 Å². The molecule has 0 fully saturated rings. The third kappa shape index (κ3) is 2.21. The monoisotopic (exact) mass is 241 g/mol. The quantitative estimate of drug-likeness (QED) is 0.812. The Labute approximate surface area is 106 Å². The Bertz CT molecular complexity index is 615. The molecule has 0 aliphatic rings. The Morgan fingerprint density at radius 2 is 1.78 bits per heavy atom. The van der Waals surface area contributed by atoms with E-state index in [1.165, 1.54) is 0 Å². The molecule has 0 aliphatic heterocycles. The summed E-state index contributed by atoms with van der Waals surface area (Å²) in [6, 6.07) is 8.08. The van der Waals surface area contributed by atoms with E-state index < -0.39 is 0 Å². The zero-order chi connectivity index (χ0) is 13.3. The average Bonchev–Trinajstić information content (AvgIpc) is 2.52. The van der Waals surface area contributed by atoms with Crippen LogP contribution in [-0.4, -0.2) is 9.78 Å². The molecule has 2 aromatic rings. The molecule has 1 heterocycles. The van der Waals surface area contributed by atoms with E-state index in [9.17, 15) is 0 Å². The van der Waals surface area contributed by atoms with Gasteiger partial charge in [-0.25, -0.2) is 4.68 Å². The lowest BCUT2D eigenvalue weighted by Crippen LogP contribution is -1.96. The maximum absolute atomic E-state index is 9.12. The Hall–Kier alpha value is -2.28. The fourth-order valence-corrected chi connectivity index (χ4v) is 1.99. The Kier molecular flexibility index (Phi) is 3.07. The molecule has 0 bridgehead atoms. The predicted molar refractivity (Wildman–Crippen MR) is 68.7 cm³/mol. The van der Waals surface area contributed by atoms with Crippen LogP contribution in [0.25, 0.3) is 0 Å². The van der Waals surface area contributed by atoms with Gasteiger partial charge in [-0.15, -0.1) is 0 Å². The highest BCUT2D eigenvalue weighted by molar-refractivity contribution is 5.45. The minimum Gasteiger partial charge on any atom is -0.438 e. The SMILES string of the molecule is Cc1cc(C)cc(Oc2c(C#N)c(C)nn2C)c1. The smallest absolute Gasteiger partial charge is 0.235 e. The first-order valence-electron chi connectivity index (χ1n) is 5.71. The fraction of sp³-hybridized carbons (Fsp3) is 0.286. The first-order valence-corrected chi connectivity index (χ1v) is 5.71. The van der Waals surface area contributed by atoms with E-state index in [0.29, 0.717) is 17.1 Å². The number of aromatic nitrogens is 2. The molecule has 92 valence electrons. The number of rotatable bonds is 2. The standard InChI is InChI=1S/C14H15N3O/c1-9-5-10(2)7-12(6-9)18-14-13(8-15)11(3)16-17(14)4/h5-7H,1-4H3. The normalized spacial score (nSPS) is 10.2. The molecular weight excluding hydrogens is 226 g/mol. The van der Waals surface area contributed by atoms with Crippen LogP contribution in [0.3, 0.4) is 0 Å². The Morgan fingerprint density at radius 1 is 1.17 bits per heavy atom.